The van der Waals surface area contributed by atoms with E-state index in [0.717, 1.165) is 49.9 Å². The first-order chi connectivity index (χ1) is 17.4. The van der Waals surface area contributed by atoms with Gasteiger partial charge in [-0.3, -0.25) is 0 Å². The molecule has 0 aliphatic carbocycles. The maximum atomic E-state index is 14.3. The van der Waals surface area contributed by atoms with Crippen molar-refractivity contribution in [3.63, 3.8) is 0 Å². The Morgan fingerprint density at radius 1 is 0.595 bits per heavy atom. The Morgan fingerprint density at radius 2 is 0.919 bits per heavy atom. The highest BCUT2D eigenvalue weighted by atomic mass is 19.4. The predicted molar refractivity (Wildman–Crippen MR) is 125 cm³/mol. The predicted octanol–water partition coefficient (Wildman–Crippen LogP) is 7.79. The topological polar surface area (TPSA) is 52.6 Å². The molecule has 0 heterocycles. The largest absolute Gasteiger partial charge is 0.462 e. The molecule has 0 saturated heterocycles. The summed E-state index contributed by atoms with van der Waals surface area (Å²) in [6, 6.07) is 6.02. The first kappa shape index (κ1) is 30.2. The van der Waals surface area contributed by atoms with Crippen LogP contribution in [0.15, 0.2) is 48.5 Å². The van der Waals surface area contributed by atoms with E-state index in [-0.39, 0.29) is 24.3 Å². The molecule has 0 atom stereocenters. The second-order valence-electron chi connectivity index (χ2n) is 8.59. The highest BCUT2D eigenvalue weighted by Gasteiger charge is 2.72. The first-order valence-electron chi connectivity index (χ1n) is 12.1. The summed E-state index contributed by atoms with van der Waals surface area (Å²) in [5.74, 6) is -1.68. The van der Waals surface area contributed by atoms with E-state index in [1.807, 2.05) is 13.8 Å². The minimum atomic E-state index is -5.80. The van der Waals surface area contributed by atoms with Crippen LogP contribution in [0.5, 0.6) is 0 Å². The number of rotatable bonds is 12. The number of alkyl halides is 6. The van der Waals surface area contributed by atoms with Crippen molar-refractivity contribution in [1.82, 2.24) is 0 Å². The summed E-state index contributed by atoms with van der Waals surface area (Å²) >= 11 is 0. The molecule has 0 N–H and O–H groups in total. The third-order valence-electron chi connectivity index (χ3n) is 5.92. The van der Waals surface area contributed by atoms with E-state index in [4.69, 9.17) is 9.47 Å². The SMILES string of the molecule is CCCCCOC(=O)c1ccc(C(c2ccc(C(=O)OCCCCC)cc2)(C(F)(F)F)C(F)(F)F)cc1. The van der Waals surface area contributed by atoms with Gasteiger partial charge in [-0.05, 0) is 48.2 Å². The van der Waals surface area contributed by atoms with Crippen LogP contribution in [0.3, 0.4) is 0 Å². The number of carbonyl (C=O) groups excluding carboxylic acids is 2. The van der Waals surface area contributed by atoms with E-state index in [9.17, 15) is 35.9 Å². The molecular formula is C27H30F6O4. The molecule has 0 aliphatic heterocycles. The molecule has 0 amide bonds. The Morgan fingerprint density at radius 3 is 1.19 bits per heavy atom. The summed E-state index contributed by atoms with van der Waals surface area (Å²) in [5.41, 5.74) is -6.97. The molecule has 0 saturated carbocycles. The third kappa shape index (κ3) is 7.05. The van der Waals surface area contributed by atoms with Gasteiger partial charge < -0.3 is 9.47 Å². The maximum absolute atomic E-state index is 14.3. The second-order valence-corrected chi connectivity index (χ2v) is 8.59. The van der Waals surface area contributed by atoms with Gasteiger partial charge in [0.05, 0.1) is 24.3 Å². The van der Waals surface area contributed by atoms with Crippen LogP contribution in [0, 0.1) is 0 Å². The summed E-state index contributed by atoms with van der Waals surface area (Å²) < 4.78 is 96.1. The number of hydrogen-bond donors (Lipinski definition) is 0. The lowest BCUT2D eigenvalue weighted by Crippen LogP contribution is -2.54. The van der Waals surface area contributed by atoms with Crippen LogP contribution in [0.4, 0.5) is 26.3 Å². The van der Waals surface area contributed by atoms with E-state index >= 15 is 0 Å². The fraction of sp³-hybridized carbons (Fsp3) is 0.481. The number of halogens is 6. The van der Waals surface area contributed by atoms with Crippen LogP contribution in [0.1, 0.15) is 84.2 Å². The van der Waals surface area contributed by atoms with Gasteiger partial charge in [-0.2, -0.15) is 26.3 Å². The summed E-state index contributed by atoms with van der Waals surface area (Å²) in [5, 5.41) is 0. The van der Waals surface area contributed by atoms with Crippen LogP contribution in [0.2, 0.25) is 0 Å². The van der Waals surface area contributed by atoms with Gasteiger partial charge >= 0.3 is 24.3 Å². The molecule has 10 heteroatoms. The van der Waals surface area contributed by atoms with Gasteiger partial charge in [-0.25, -0.2) is 9.59 Å². The lowest BCUT2D eigenvalue weighted by atomic mass is 9.72. The number of hydrogen-bond acceptors (Lipinski definition) is 4. The molecule has 2 aromatic rings. The van der Waals surface area contributed by atoms with Crippen molar-refractivity contribution in [2.24, 2.45) is 0 Å². The third-order valence-corrected chi connectivity index (χ3v) is 5.92. The highest BCUT2D eigenvalue weighted by molar-refractivity contribution is 5.90. The van der Waals surface area contributed by atoms with Crippen LogP contribution < -0.4 is 0 Å². The summed E-state index contributed by atoms with van der Waals surface area (Å²) in [4.78, 5) is 24.3. The molecule has 0 spiro atoms. The normalized spacial score (nSPS) is 12.3. The molecular weight excluding hydrogens is 502 g/mol. The number of carbonyl (C=O) groups is 2. The fourth-order valence-corrected chi connectivity index (χ4v) is 3.90. The van der Waals surface area contributed by atoms with Crippen LogP contribution in [-0.4, -0.2) is 37.5 Å². The molecule has 0 unspecified atom stereocenters. The van der Waals surface area contributed by atoms with Gasteiger partial charge in [0, 0.05) is 0 Å². The van der Waals surface area contributed by atoms with Crippen molar-refractivity contribution >= 4 is 11.9 Å². The zero-order valence-corrected chi connectivity index (χ0v) is 20.7. The lowest BCUT2D eigenvalue weighted by Gasteiger charge is -2.38. The van der Waals surface area contributed by atoms with E-state index in [1.165, 1.54) is 0 Å². The van der Waals surface area contributed by atoms with Gasteiger partial charge in [-0.15, -0.1) is 0 Å². The quantitative estimate of drug-likeness (QED) is 0.159. The van der Waals surface area contributed by atoms with Crippen LogP contribution >= 0.6 is 0 Å². The van der Waals surface area contributed by atoms with Crippen LogP contribution in [-0.2, 0) is 14.9 Å². The minimum Gasteiger partial charge on any atom is -0.462 e. The Balaban J connectivity index is 2.42. The Hall–Kier alpha value is -3.04. The lowest BCUT2D eigenvalue weighted by molar-refractivity contribution is -0.288. The summed E-state index contributed by atoms with van der Waals surface area (Å²) in [6.07, 6.45) is -7.04. The molecule has 204 valence electrons. The molecule has 2 aromatic carbocycles. The smallest absolute Gasteiger partial charge is 0.411 e. The van der Waals surface area contributed by atoms with Crippen molar-refractivity contribution in [2.75, 3.05) is 13.2 Å². The van der Waals surface area contributed by atoms with Crippen molar-refractivity contribution in [1.29, 1.82) is 0 Å². The molecule has 2 rings (SSSR count). The molecule has 0 radical (unpaired) electrons. The minimum absolute atomic E-state index is 0.0941. The van der Waals surface area contributed by atoms with Crippen molar-refractivity contribution < 1.29 is 45.4 Å². The molecule has 0 aromatic heterocycles. The molecule has 0 aliphatic rings. The first-order valence-corrected chi connectivity index (χ1v) is 12.1. The highest BCUT2D eigenvalue weighted by Crippen LogP contribution is 2.56. The number of esters is 2. The zero-order chi connectivity index (χ0) is 27.7. The Labute approximate surface area is 212 Å². The van der Waals surface area contributed by atoms with Gasteiger partial charge in [-0.1, -0.05) is 63.8 Å². The van der Waals surface area contributed by atoms with Crippen molar-refractivity contribution in [2.45, 2.75) is 70.1 Å². The monoisotopic (exact) mass is 532 g/mol. The van der Waals surface area contributed by atoms with Crippen LogP contribution in [0.25, 0.3) is 0 Å². The van der Waals surface area contributed by atoms with Gasteiger partial charge in [0.1, 0.15) is 0 Å². The molecule has 0 bridgehead atoms. The Kier molecular flexibility index (Phi) is 10.6. The van der Waals surface area contributed by atoms with Gasteiger partial charge in [0.15, 0.2) is 0 Å². The van der Waals surface area contributed by atoms with E-state index in [2.05, 4.69) is 0 Å². The van der Waals surface area contributed by atoms with E-state index in [0.29, 0.717) is 37.1 Å². The maximum Gasteiger partial charge on any atom is 0.411 e. The van der Waals surface area contributed by atoms with E-state index < -0.39 is 40.8 Å². The zero-order valence-electron chi connectivity index (χ0n) is 20.7. The average molecular weight is 533 g/mol. The van der Waals surface area contributed by atoms with Crippen molar-refractivity contribution in [3.8, 4) is 0 Å². The Bertz CT molecular complexity index is 928. The molecule has 4 nitrogen and oxygen atoms in total. The van der Waals surface area contributed by atoms with Gasteiger partial charge in [0.2, 0.25) is 5.41 Å². The second kappa shape index (κ2) is 13.0. The summed E-state index contributed by atoms with van der Waals surface area (Å²) in [6.45, 7) is 4.08. The number of ether oxygens (including phenoxy) is 2. The van der Waals surface area contributed by atoms with E-state index in [1.54, 1.807) is 0 Å². The van der Waals surface area contributed by atoms with Gasteiger partial charge in [0.25, 0.3) is 0 Å². The standard InChI is InChI=1S/C27H30F6O4/c1-3-5-7-17-36-23(34)19-9-13-21(14-10-19)25(26(28,29)30,27(31,32)33)22-15-11-20(12-16-22)24(35)37-18-8-6-4-2/h9-16H,3-8,17-18H2,1-2H3. The molecule has 0 fully saturated rings. The average Bonchev–Trinajstić information content (AvgIpc) is 2.84. The summed E-state index contributed by atoms with van der Waals surface area (Å²) in [7, 11) is 0. The van der Waals surface area contributed by atoms with Crippen molar-refractivity contribution in [3.05, 3.63) is 70.8 Å². The fourth-order valence-electron chi connectivity index (χ4n) is 3.90. The molecule has 37 heavy (non-hydrogen) atoms. The number of benzene rings is 2. The number of unbranched alkanes of at least 4 members (excludes halogenated alkanes) is 4.